The number of rotatable bonds is 7. The van der Waals surface area contributed by atoms with Gasteiger partial charge in [0.15, 0.2) is 0 Å². The van der Waals surface area contributed by atoms with Gasteiger partial charge in [-0.3, -0.25) is 9.59 Å². The van der Waals surface area contributed by atoms with Gasteiger partial charge < -0.3 is 9.80 Å². The van der Waals surface area contributed by atoms with Crippen molar-refractivity contribution in [3.05, 3.63) is 59.7 Å². The van der Waals surface area contributed by atoms with Gasteiger partial charge in [0.05, 0.1) is 0 Å². The summed E-state index contributed by atoms with van der Waals surface area (Å²) in [6, 6.07) is 15.1. The number of likely N-dealkylation sites (N-methyl/N-ethyl adjacent to an activating group) is 2. The molecule has 0 radical (unpaired) electrons. The zero-order chi connectivity index (χ0) is 15.9. The second kappa shape index (κ2) is 7.41. The molecule has 0 N–H and O–H groups in total. The van der Waals surface area contributed by atoms with Crippen LogP contribution in [0.4, 0.5) is 11.4 Å². The molecule has 0 aliphatic carbocycles. The van der Waals surface area contributed by atoms with Crippen LogP contribution in [-0.2, 0) is 0 Å². The zero-order valence-corrected chi connectivity index (χ0v) is 12.9. The van der Waals surface area contributed by atoms with E-state index in [9.17, 15) is 9.59 Å². The minimum absolute atomic E-state index is 0.685. The van der Waals surface area contributed by atoms with Crippen LogP contribution < -0.4 is 9.80 Å². The Morgan fingerprint density at radius 1 is 0.682 bits per heavy atom. The summed E-state index contributed by atoms with van der Waals surface area (Å²) in [5.74, 6) is 0. The van der Waals surface area contributed by atoms with Crippen LogP contribution in [0.25, 0.3) is 0 Å². The number of carbonyl (C=O) groups is 2. The van der Waals surface area contributed by atoms with Gasteiger partial charge in [-0.05, 0) is 48.5 Å². The average molecular weight is 296 g/mol. The van der Waals surface area contributed by atoms with Crippen molar-refractivity contribution >= 4 is 23.9 Å². The van der Waals surface area contributed by atoms with Crippen LogP contribution >= 0.6 is 0 Å². The van der Waals surface area contributed by atoms with E-state index in [4.69, 9.17) is 0 Å². The van der Waals surface area contributed by atoms with E-state index in [2.05, 4.69) is 9.80 Å². The molecular formula is C18H20N2O2. The quantitative estimate of drug-likeness (QED) is 0.737. The van der Waals surface area contributed by atoms with Crippen LogP contribution in [0.3, 0.4) is 0 Å². The lowest BCUT2D eigenvalue weighted by Gasteiger charge is -2.25. The average Bonchev–Trinajstić information content (AvgIpc) is 2.59. The highest BCUT2D eigenvalue weighted by atomic mass is 16.1. The lowest BCUT2D eigenvalue weighted by atomic mass is 10.2. The molecule has 0 aliphatic rings. The highest BCUT2D eigenvalue weighted by Gasteiger charge is 2.05. The van der Waals surface area contributed by atoms with Gasteiger partial charge in [0, 0.05) is 49.7 Å². The third kappa shape index (κ3) is 3.95. The molecule has 4 nitrogen and oxygen atoms in total. The summed E-state index contributed by atoms with van der Waals surface area (Å²) >= 11 is 0. The fourth-order valence-electron chi connectivity index (χ4n) is 2.17. The summed E-state index contributed by atoms with van der Waals surface area (Å²) in [4.78, 5) is 25.6. The molecule has 2 aromatic rings. The van der Waals surface area contributed by atoms with E-state index in [0.717, 1.165) is 37.0 Å². The van der Waals surface area contributed by atoms with Gasteiger partial charge in [0.25, 0.3) is 0 Å². The molecule has 0 bridgehead atoms. The predicted octanol–water partition coefficient (Wildman–Crippen LogP) is 2.88. The topological polar surface area (TPSA) is 40.6 Å². The maximum absolute atomic E-state index is 10.7. The molecule has 0 heterocycles. The summed E-state index contributed by atoms with van der Waals surface area (Å²) in [5, 5.41) is 0. The molecule has 0 saturated carbocycles. The van der Waals surface area contributed by atoms with Gasteiger partial charge in [-0.15, -0.1) is 0 Å². The Kier molecular flexibility index (Phi) is 5.31. The molecule has 22 heavy (non-hydrogen) atoms. The van der Waals surface area contributed by atoms with Gasteiger partial charge in [-0.2, -0.15) is 0 Å². The highest BCUT2D eigenvalue weighted by Crippen LogP contribution is 2.15. The van der Waals surface area contributed by atoms with Crippen LogP contribution in [0, 0.1) is 0 Å². The molecular weight excluding hydrogens is 276 g/mol. The normalized spacial score (nSPS) is 10.1. The van der Waals surface area contributed by atoms with Crippen molar-refractivity contribution in [1.82, 2.24) is 0 Å². The van der Waals surface area contributed by atoms with Crippen molar-refractivity contribution in [3.63, 3.8) is 0 Å². The van der Waals surface area contributed by atoms with Crippen molar-refractivity contribution in [2.75, 3.05) is 37.0 Å². The minimum Gasteiger partial charge on any atom is -0.373 e. The second-order valence-electron chi connectivity index (χ2n) is 5.26. The maximum Gasteiger partial charge on any atom is 0.150 e. The summed E-state index contributed by atoms with van der Waals surface area (Å²) in [6.45, 7) is 1.71. The van der Waals surface area contributed by atoms with Crippen molar-refractivity contribution in [2.24, 2.45) is 0 Å². The summed E-state index contributed by atoms with van der Waals surface area (Å²) in [5.41, 5.74) is 3.53. The monoisotopic (exact) mass is 296 g/mol. The van der Waals surface area contributed by atoms with Gasteiger partial charge in [-0.25, -0.2) is 0 Å². The number of anilines is 2. The Balaban J connectivity index is 1.92. The van der Waals surface area contributed by atoms with E-state index in [-0.39, 0.29) is 0 Å². The van der Waals surface area contributed by atoms with Crippen molar-refractivity contribution in [3.8, 4) is 0 Å². The van der Waals surface area contributed by atoms with E-state index in [1.54, 1.807) is 0 Å². The minimum atomic E-state index is 0.685. The first-order valence-electron chi connectivity index (χ1n) is 7.17. The summed E-state index contributed by atoms with van der Waals surface area (Å²) in [6.07, 6.45) is 1.70. The van der Waals surface area contributed by atoms with E-state index < -0.39 is 0 Å². The second-order valence-corrected chi connectivity index (χ2v) is 5.26. The fraction of sp³-hybridized carbons (Fsp3) is 0.222. The first-order chi connectivity index (χ1) is 10.6. The van der Waals surface area contributed by atoms with Gasteiger partial charge in [0.1, 0.15) is 12.6 Å². The van der Waals surface area contributed by atoms with Crippen LogP contribution in [0.15, 0.2) is 48.5 Å². The third-order valence-corrected chi connectivity index (χ3v) is 3.71. The molecule has 0 amide bonds. The Bertz CT molecular complexity index is 563. The van der Waals surface area contributed by atoms with E-state index in [1.807, 2.05) is 62.6 Å². The third-order valence-electron chi connectivity index (χ3n) is 3.71. The van der Waals surface area contributed by atoms with Crippen molar-refractivity contribution in [1.29, 1.82) is 0 Å². The molecule has 0 aromatic heterocycles. The molecule has 2 rings (SSSR count). The molecule has 0 saturated heterocycles. The van der Waals surface area contributed by atoms with Crippen LogP contribution in [0.1, 0.15) is 20.7 Å². The lowest BCUT2D eigenvalue weighted by molar-refractivity contribution is 0.111. The van der Waals surface area contributed by atoms with Crippen LogP contribution in [-0.4, -0.2) is 39.8 Å². The molecule has 0 fully saturated rings. The first kappa shape index (κ1) is 15.8. The number of nitrogens with zero attached hydrogens (tertiary/aromatic N) is 2. The maximum atomic E-state index is 10.7. The van der Waals surface area contributed by atoms with Crippen LogP contribution in [0.2, 0.25) is 0 Å². The van der Waals surface area contributed by atoms with Crippen LogP contribution in [0.5, 0.6) is 0 Å². The lowest BCUT2D eigenvalue weighted by Crippen LogP contribution is -2.30. The molecule has 4 heteroatoms. The smallest absolute Gasteiger partial charge is 0.150 e. The van der Waals surface area contributed by atoms with E-state index in [1.165, 1.54) is 0 Å². The standard InChI is InChI=1S/C18H20N2O2/c1-19(17-7-3-15(13-21)4-8-17)11-12-20(2)18-9-5-16(14-22)6-10-18/h3-10,13-14H,11-12H2,1-2H3. The molecule has 0 atom stereocenters. The molecule has 2 aromatic carbocycles. The molecule has 114 valence electrons. The summed E-state index contributed by atoms with van der Waals surface area (Å²) in [7, 11) is 4.05. The van der Waals surface area contributed by atoms with Gasteiger partial charge in [0.2, 0.25) is 0 Å². The Labute approximate surface area is 131 Å². The Hall–Kier alpha value is -2.62. The largest absolute Gasteiger partial charge is 0.373 e. The van der Waals surface area contributed by atoms with Gasteiger partial charge >= 0.3 is 0 Å². The SMILES string of the molecule is CN(CCN(C)c1ccc(C=O)cc1)c1ccc(C=O)cc1. The highest BCUT2D eigenvalue weighted by molar-refractivity contribution is 5.76. The number of aldehydes is 2. The predicted molar refractivity (Wildman–Crippen MR) is 90.2 cm³/mol. The van der Waals surface area contributed by atoms with E-state index >= 15 is 0 Å². The Morgan fingerprint density at radius 3 is 1.27 bits per heavy atom. The molecule has 0 spiro atoms. The Morgan fingerprint density at radius 2 is 1.00 bits per heavy atom. The van der Waals surface area contributed by atoms with E-state index in [0.29, 0.717) is 11.1 Å². The van der Waals surface area contributed by atoms with Crippen molar-refractivity contribution in [2.45, 2.75) is 0 Å². The number of hydrogen-bond acceptors (Lipinski definition) is 4. The first-order valence-corrected chi connectivity index (χ1v) is 7.17. The molecule has 0 unspecified atom stereocenters. The summed E-state index contributed by atoms with van der Waals surface area (Å²) < 4.78 is 0. The zero-order valence-electron chi connectivity index (χ0n) is 12.9. The fourth-order valence-corrected chi connectivity index (χ4v) is 2.17. The van der Waals surface area contributed by atoms with Crippen molar-refractivity contribution < 1.29 is 9.59 Å². The number of hydrogen-bond donors (Lipinski definition) is 0. The number of carbonyl (C=O) groups excluding carboxylic acids is 2. The molecule has 0 aliphatic heterocycles. The van der Waals surface area contributed by atoms with Gasteiger partial charge in [-0.1, -0.05) is 0 Å². The number of benzene rings is 2.